The third-order valence-electron chi connectivity index (χ3n) is 3.89. The molecule has 0 aliphatic heterocycles. The van der Waals surface area contributed by atoms with Gasteiger partial charge in [-0.3, -0.25) is 14.4 Å². The zero-order valence-electron chi connectivity index (χ0n) is 15.2. The van der Waals surface area contributed by atoms with Crippen LogP contribution in [0.2, 0.25) is 0 Å². The minimum absolute atomic E-state index is 0.0510. The zero-order valence-corrected chi connectivity index (χ0v) is 15.2. The fraction of sp³-hybridized carbons (Fsp3) is 0.250. The number of benzene rings is 2. The molecule has 0 saturated carbocycles. The Balaban J connectivity index is 2.08. The Bertz CT molecular complexity index is 796. The maximum atomic E-state index is 12.4. The van der Waals surface area contributed by atoms with E-state index in [0.717, 1.165) is 0 Å². The van der Waals surface area contributed by atoms with Crippen molar-refractivity contribution in [3.63, 3.8) is 0 Å². The Kier molecular flexibility index (Phi) is 6.49. The molecule has 26 heavy (non-hydrogen) atoms. The molecule has 0 saturated heterocycles. The van der Waals surface area contributed by atoms with Crippen LogP contribution < -0.4 is 10.6 Å². The Morgan fingerprint density at radius 1 is 0.846 bits per heavy atom. The topological polar surface area (TPSA) is 78.5 Å². The number of carbonyl (C=O) groups is 3. The van der Waals surface area contributed by atoms with Gasteiger partial charge >= 0.3 is 0 Å². The molecule has 3 amide bonds. The second-order valence-electron chi connectivity index (χ2n) is 5.77. The molecule has 2 rings (SSSR count). The van der Waals surface area contributed by atoms with Crippen molar-refractivity contribution < 1.29 is 14.4 Å². The number of nitrogens with zero attached hydrogens (tertiary/aromatic N) is 1. The van der Waals surface area contributed by atoms with Gasteiger partial charge in [-0.25, -0.2) is 0 Å². The van der Waals surface area contributed by atoms with E-state index in [9.17, 15) is 14.4 Å². The van der Waals surface area contributed by atoms with Crippen molar-refractivity contribution in [1.29, 1.82) is 0 Å². The highest BCUT2D eigenvalue weighted by Crippen LogP contribution is 2.16. The molecule has 136 valence electrons. The van der Waals surface area contributed by atoms with Gasteiger partial charge in [0.2, 0.25) is 5.91 Å². The van der Waals surface area contributed by atoms with Crippen molar-refractivity contribution in [2.24, 2.45) is 0 Å². The third-order valence-corrected chi connectivity index (χ3v) is 3.89. The van der Waals surface area contributed by atoms with Crippen LogP contribution in [0.5, 0.6) is 0 Å². The summed E-state index contributed by atoms with van der Waals surface area (Å²) in [5, 5.41) is 5.45. The smallest absolute Gasteiger partial charge is 0.255 e. The van der Waals surface area contributed by atoms with Crippen LogP contribution in [0.15, 0.2) is 48.5 Å². The molecule has 0 atom stereocenters. The van der Waals surface area contributed by atoms with Crippen molar-refractivity contribution in [2.75, 3.05) is 23.7 Å². The lowest BCUT2D eigenvalue weighted by molar-refractivity contribution is -0.114. The van der Waals surface area contributed by atoms with Gasteiger partial charge in [0.15, 0.2) is 0 Å². The molecule has 0 aromatic heterocycles. The molecule has 0 spiro atoms. The van der Waals surface area contributed by atoms with Crippen LogP contribution in [0.3, 0.4) is 0 Å². The van der Waals surface area contributed by atoms with Gasteiger partial charge in [-0.05, 0) is 56.3 Å². The fourth-order valence-corrected chi connectivity index (χ4v) is 2.54. The largest absolute Gasteiger partial charge is 0.339 e. The number of nitrogens with one attached hydrogen (secondary N) is 2. The van der Waals surface area contributed by atoms with Gasteiger partial charge in [-0.1, -0.05) is 6.07 Å². The Labute approximate surface area is 153 Å². The first-order chi connectivity index (χ1) is 12.4. The molecule has 0 unspecified atom stereocenters. The molecule has 0 aliphatic carbocycles. The van der Waals surface area contributed by atoms with Gasteiger partial charge in [-0.2, -0.15) is 0 Å². The number of rotatable bonds is 6. The quantitative estimate of drug-likeness (QED) is 0.836. The van der Waals surface area contributed by atoms with E-state index in [1.165, 1.54) is 6.92 Å². The number of hydrogen-bond acceptors (Lipinski definition) is 3. The summed E-state index contributed by atoms with van der Waals surface area (Å²) in [6.07, 6.45) is 0. The second kappa shape index (κ2) is 8.80. The maximum Gasteiger partial charge on any atom is 0.255 e. The highest BCUT2D eigenvalue weighted by atomic mass is 16.2. The summed E-state index contributed by atoms with van der Waals surface area (Å²) in [5.74, 6) is -0.515. The van der Waals surface area contributed by atoms with Gasteiger partial charge in [0, 0.05) is 42.5 Å². The second-order valence-corrected chi connectivity index (χ2v) is 5.77. The van der Waals surface area contributed by atoms with E-state index in [1.807, 2.05) is 13.8 Å². The van der Waals surface area contributed by atoms with Crippen molar-refractivity contribution in [2.45, 2.75) is 20.8 Å². The average molecular weight is 353 g/mol. The minimum Gasteiger partial charge on any atom is -0.339 e. The highest BCUT2D eigenvalue weighted by Gasteiger charge is 2.13. The molecule has 2 N–H and O–H groups in total. The SMILES string of the molecule is CCN(CC)C(=O)c1ccc(C(=O)Nc2cccc(NC(C)=O)c2)cc1. The van der Waals surface area contributed by atoms with Crippen molar-refractivity contribution >= 4 is 29.1 Å². The summed E-state index contributed by atoms with van der Waals surface area (Å²) in [6, 6.07) is 13.5. The maximum absolute atomic E-state index is 12.4. The normalized spacial score (nSPS) is 10.1. The van der Waals surface area contributed by atoms with E-state index in [2.05, 4.69) is 10.6 Å². The molecule has 0 bridgehead atoms. The molecule has 6 heteroatoms. The molecule has 0 aliphatic rings. The van der Waals surface area contributed by atoms with E-state index < -0.39 is 0 Å². The fourth-order valence-electron chi connectivity index (χ4n) is 2.54. The van der Waals surface area contributed by atoms with Crippen LogP contribution in [-0.4, -0.2) is 35.7 Å². The summed E-state index contributed by atoms with van der Waals surface area (Å²) in [7, 11) is 0. The number of anilines is 2. The molecule has 6 nitrogen and oxygen atoms in total. The summed E-state index contributed by atoms with van der Waals surface area (Å²) < 4.78 is 0. The van der Waals surface area contributed by atoms with Crippen LogP contribution in [0.25, 0.3) is 0 Å². The van der Waals surface area contributed by atoms with Crippen LogP contribution in [0, 0.1) is 0 Å². The van der Waals surface area contributed by atoms with E-state index in [4.69, 9.17) is 0 Å². The van der Waals surface area contributed by atoms with Crippen LogP contribution in [-0.2, 0) is 4.79 Å². The predicted octanol–water partition coefficient (Wildman–Crippen LogP) is 3.38. The van der Waals surface area contributed by atoms with Gasteiger partial charge < -0.3 is 15.5 Å². The summed E-state index contributed by atoms with van der Waals surface area (Å²) >= 11 is 0. The lowest BCUT2D eigenvalue weighted by Crippen LogP contribution is -2.30. The highest BCUT2D eigenvalue weighted by molar-refractivity contribution is 6.05. The molecule has 0 radical (unpaired) electrons. The van der Waals surface area contributed by atoms with E-state index in [0.29, 0.717) is 35.6 Å². The van der Waals surface area contributed by atoms with Crippen LogP contribution in [0.4, 0.5) is 11.4 Å². The summed E-state index contributed by atoms with van der Waals surface area (Å²) in [5.41, 5.74) is 2.18. The minimum atomic E-state index is -0.285. The Hall–Kier alpha value is -3.15. The monoisotopic (exact) mass is 353 g/mol. The van der Waals surface area contributed by atoms with E-state index in [1.54, 1.807) is 53.4 Å². The Morgan fingerprint density at radius 3 is 1.92 bits per heavy atom. The first-order valence-electron chi connectivity index (χ1n) is 8.53. The molecule has 2 aromatic carbocycles. The number of carbonyl (C=O) groups excluding carboxylic acids is 3. The average Bonchev–Trinajstić information content (AvgIpc) is 2.62. The van der Waals surface area contributed by atoms with E-state index >= 15 is 0 Å². The first-order valence-corrected chi connectivity index (χ1v) is 8.53. The van der Waals surface area contributed by atoms with Crippen LogP contribution >= 0.6 is 0 Å². The lowest BCUT2D eigenvalue weighted by atomic mass is 10.1. The third kappa shape index (κ3) is 4.92. The molecular weight excluding hydrogens is 330 g/mol. The van der Waals surface area contributed by atoms with Crippen molar-refractivity contribution in [3.05, 3.63) is 59.7 Å². The molecule has 2 aromatic rings. The number of amides is 3. The number of hydrogen-bond donors (Lipinski definition) is 2. The molecule has 0 heterocycles. The predicted molar refractivity (Wildman–Crippen MR) is 102 cm³/mol. The van der Waals surface area contributed by atoms with Crippen LogP contribution in [0.1, 0.15) is 41.5 Å². The zero-order chi connectivity index (χ0) is 19.1. The van der Waals surface area contributed by atoms with E-state index in [-0.39, 0.29) is 17.7 Å². The van der Waals surface area contributed by atoms with Gasteiger partial charge in [0.1, 0.15) is 0 Å². The molecular formula is C20H23N3O3. The summed E-state index contributed by atoms with van der Waals surface area (Å²) in [4.78, 5) is 37.5. The standard InChI is InChI=1S/C20H23N3O3/c1-4-23(5-2)20(26)16-11-9-15(10-12-16)19(25)22-18-8-6-7-17(13-18)21-14(3)24/h6-13H,4-5H2,1-3H3,(H,21,24)(H,22,25). The van der Waals surface area contributed by atoms with Crippen molar-refractivity contribution in [3.8, 4) is 0 Å². The van der Waals surface area contributed by atoms with Gasteiger partial charge in [0.05, 0.1) is 0 Å². The summed E-state index contributed by atoms with van der Waals surface area (Å²) in [6.45, 7) is 6.56. The van der Waals surface area contributed by atoms with Gasteiger partial charge in [0.25, 0.3) is 11.8 Å². The van der Waals surface area contributed by atoms with Crippen molar-refractivity contribution in [1.82, 2.24) is 4.90 Å². The first kappa shape index (κ1) is 19.2. The molecule has 0 fully saturated rings. The Morgan fingerprint density at radius 2 is 1.38 bits per heavy atom. The lowest BCUT2D eigenvalue weighted by Gasteiger charge is -2.18. The van der Waals surface area contributed by atoms with Gasteiger partial charge in [-0.15, -0.1) is 0 Å².